The van der Waals surface area contributed by atoms with Crippen LogP contribution in [-0.2, 0) is 0 Å². The molecule has 1 aromatic rings. The molecule has 2 rings (SSSR count). The lowest BCUT2D eigenvalue weighted by atomic mass is 9.79. The fourth-order valence-corrected chi connectivity index (χ4v) is 2.68. The first-order chi connectivity index (χ1) is 8.20. The highest BCUT2D eigenvalue weighted by atomic mass is 35.5. The minimum atomic E-state index is 0.417. The fourth-order valence-electron chi connectivity index (χ4n) is 2.37. The first kappa shape index (κ1) is 13.2. The summed E-state index contributed by atoms with van der Waals surface area (Å²) in [6.07, 6.45) is 5.36. The number of hydrogen-bond acceptors (Lipinski definition) is 1. The van der Waals surface area contributed by atoms with Gasteiger partial charge in [0, 0.05) is 6.04 Å². The summed E-state index contributed by atoms with van der Waals surface area (Å²) in [5.74, 6) is 0.883. The Balaban J connectivity index is 2.09. The molecule has 0 aliphatic heterocycles. The van der Waals surface area contributed by atoms with E-state index < -0.39 is 0 Å². The first-order valence-electron chi connectivity index (χ1n) is 6.39. The molecule has 1 nitrogen and oxygen atoms in total. The van der Waals surface area contributed by atoms with E-state index in [0.717, 1.165) is 12.5 Å². The summed E-state index contributed by atoms with van der Waals surface area (Å²) < 4.78 is 0. The van der Waals surface area contributed by atoms with E-state index in [1.807, 2.05) is 12.1 Å². The minimum Gasteiger partial charge on any atom is -0.310 e. The van der Waals surface area contributed by atoms with Gasteiger partial charge in [-0.2, -0.15) is 0 Å². The van der Waals surface area contributed by atoms with Crippen molar-refractivity contribution < 1.29 is 0 Å². The van der Waals surface area contributed by atoms with Gasteiger partial charge in [0.2, 0.25) is 0 Å². The Morgan fingerprint density at radius 2 is 2.06 bits per heavy atom. The Morgan fingerprint density at radius 3 is 2.59 bits per heavy atom. The van der Waals surface area contributed by atoms with E-state index in [-0.39, 0.29) is 0 Å². The Hall–Kier alpha value is -0.240. The molecular formula is C14H19Cl2N. The maximum Gasteiger partial charge on any atom is 0.0595 e. The Kier molecular flexibility index (Phi) is 4.72. The van der Waals surface area contributed by atoms with Gasteiger partial charge in [0.05, 0.1) is 10.0 Å². The van der Waals surface area contributed by atoms with Crippen LogP contribution in [-0.4, -0.2) is 6.54 Å². The molecule has 1 fully saturated rings. The van der Waals surface area contributed by atoms with E-state index in [0.29, 0.717) is 16.1 Å². The van der Waals surface area contributed by atoms with Crippen molar-refractivity contribution in [3.63, 3.8) is 0 Å². The Morgan fingerprint density at radius 1 is 1.29 bits per heavy atom. The van der Waals surface area contributed by atoms with E-state index >= 15 is 0 Å². The average Bonchev–Trinajstić information content (AvgIpc) is 2.25. The molecule has 1 aliphatic carbocycles. The second kappa shape index (κ2) is 6.08. The van der Waals surface area contributed by atoms with E-state index in [1.54, 1.807) is 0 Å². The molecule has 17 heavy (non-hydrogen) atoms. The van der Waals surface area contributed by atoms with Crippen molar-refractivity contribution in [3.8, 4) is 0 Å². The topological polar surface area (TPSA) is 12.0 Å². The molecule has 0 aromatic heterocycles. The average molecular weight is 272 g/mol. The Bertz CT molecular complexity index is 374. The van der Waals surface area contributed by atoms with Crippen LogP contribution in [0, 0.1) is 5.92 Å². The zero-order chi connectivity index (χ0) is 12.3. The standard InChI is InChI=1S/C14H19Cl2N/c1-2-17-14(8-10-4-3-5-10)11-6-7-12(15)13(16)9-11/h6-7,9-10,14,17H,2-5,8H2,1H3. The number of rotatable bonds is 5. The monoisotopic (exact) mass is 271 g/mol. The SMILES string of the molecule is CCNC(CC1CCC1)c1ccc(Cl)c(Cl)c1. The predicted molar refractivity (Wildman–Crippen MR) is 74.8 cm³/mol. The lowest BCUT2D eigenvalue weighted by Gasteiger charge is -2.30. The van der Waals surface area contributed by atoms with Crippen LogP contribution in [0.25, 0.3) is 0 Å². The van der Waals surface area contributed by atoms with Crippen molar-refractivity contribution >= 4 is 23.2 Å². The van der Waals surface area contributed by atoms with Crippen LogP contribution < -0.4 is 5.32 Å². The van der Waals surface area contributed by atoms with Gasteiger partial charge in [-0.05, 0) is 36.6 Å². The van der Waals surface area contributed by atoms with Crippen LogP contribution in [0.4, 0.5) is 0 Å². The van der Waals surface area contributed by atoms with Crippen molar-refractivity contribution in [3.05, 3.63) is 33.8 Å². The molecule has 0 amide bonds. The number of hydrogen-bond donors (Lipinski definition) is 1. The lowest BCUT2D eigenvalue weighted by molar-refractivity contribution is 0.262. The summed E-state index contributed by atoms with van der Waals surface area (Å²) in [6.45, 7) is 3.13. The quantitative estimate of drug-likeness (QED) is 0.809. The van der Waals surface area contributed by atoms with E-state index in [2.05, 4.69) is 18.3 Å². The van der Waals surface area contributed by atoms with Crippen molar-refractivity contribution in [2.24, 2.45) is 5.92 Å². The number of halogens is 2. The highest BCUT2D eigenvalue weighted by Crippen LogP contribution is 2.36. The van der Waals surface area contributed by atoms with Gasteiger partial charge in [-0.15, -0.1) is 0 Å². The number of nitrogens with one attached hydrogen (secondary N) is 1. The smallest absolute Gasteiger partial charge is 0.0595 e. The van der Waals surface area contributed by atoms with E-state index in [4.69, 9.17) is 23.2 Å². The summed E-state index contributed by atoms with van der Waals surface area (Å²) in [5.41, 5.74) is 1.26. The second-order valence-electron chi connectivity index (χ2n) is 4.82. The lowest BCUT2D eigenvalue weighted by Crippen LogP contribution is -2.25. The molecule has 1 saturated carbocycles. The van der Waals surface area contributed by atoms with Crippen molar-refractivity contribution in [2.75, 3.05) is 6.54 Å². The van der Waals surface area contributed by atoms with Gasteiger partial charge < -0.3 is 5.32 Å². The molecule has 0 bridgehead atoms. The van der Waals surface area contributed by atoms with Gasteiger partial charge in [-0.25, -0.2) is 0 Å². The zero-order valence-corrected chi connectivity index (χ0v) is 11.7. The maximum absolute atomic E-state index is 6.08. The van der Waals surface area contributed by atoms with Crippen LogP contribution >= 0.6 is 23.2 Å². The Labute approximate surface area is 114 Å². The normalized spacial score (nSPS) is 17.8. The third-order valence-electron chi connectivity index (χ3n) is 3.59. The van der Waals surface area contributed by atoms with Crippen molar-refractivity contribution in [2.45, 2.75) is 38.6 Å². The zero-order valence-electron chi connectivity index (χ0n) is 10.2. The van der Waals surface area contributed by atoms with Crippen molar-refractivity contribution in [1.29, 1.82) is 0 Å². The van der Waals surface area contributed by atoms with Gasteiger partial charge in [0.15, 0.2) is 0 Å². The minimum absolute atomic E-state index is 0.417. The molecular weight excluding hydrogens is 253 g/mol. The third-order valence-corrected chi connectivity index (χ3v) is 4.33. The molecule has 0 spiro atoms. The molecule has 1 aliphatic rings. The molecule has 94 valence electrons. The second-order valence-corrected chi connectivity index (χ2v) is 5.63. The van der Waals surface area contributed by atoms with Gasteiger partial charge in [0.1, 0.15) is 0 Å². The van der Waals surface area contributed by atoms with E-state index in [9.17, 15) is 0 Å². The van der Waals surface area contributed by atoms with Crippen LogP contribution in [0.2, 0.25) is 10.0 Å². The van der Waals surface area contributed by atoms with Crippen molar-refractivity contribution in [1.82, 2.24) is 5.32 Å². The summed E-state index contributed by atoms with van der Waals surface area (Å²) in [6, 6.07) is 6.39. The predicted octanol–water partition coefficient (Wildman–Crippen LogP) is 4.83. The summed E-state index contributed by atoms with van der Waals surface area (Å²) in [5, 5.41) is 4.83. The highest BCUT2D eigenvalue weighted by molar-refractivity contribution is 6.42. The summed E-state index contributed by atoms with van der Waals surface area (Å²) in [7, 11) is 0. The van der Waals surface area contributed by atoms with Gasteiger partial charge >= 0.3 is 0 Å². The maximum atomic E-state index is 6.08. The molecule has 0 heterocycles. The molecule has 1 atom stereocenters. The fraction of sp³-hybridized carbons (Fsp3) is 0.571. The molecule has 0 saturated heterocycles. The first-order valence-corrected chi connectivity index (χ1v) is 7.14. The highest BCUT2D eigenvalue weighted by Gasteiger charge is 2.22. The largest absolute Gasteiger partial charge is 0.310 e. The summed E-state index contributed by atoms with van der Waals surface area (Å²) >= 11 is 12.0. The van der Waals surface area contributed by atoms with E-state index in [1.165, 1.54) is 31.2 Å². The summed E-state index contributed by atoms with van der Waals surface area (Å²) in [4.78, 5) is 0. The van der Waals surface area contributed by atoms with Gasteiger partial charge in [-0.1, -0.05) is 55.5 Å². The third kappa shape index (κ3) is 3.37. The number of benzene rings is 1. The van der Waals surface area contributed by atoms with Crippen LogP contribution in [0.15, 0.2) is 18.2 Å². The van der Waals surface area contributed by atoms with Crippen LogP contribution in [0.5, 0.6) is 0 Å². The molecule has 1 N–H and O–H groups in total. The molecule has 1 unspecified atom stereocenters. The van der Waals surface area contributed by atoms with Crippen LogP contribution in [0.1, 0.15) is 44.2 Å². The van der Waals surface area contributed by atoms with Gasteiger partial charge in [-0.3, -0.25) is 0 Å². The van der Waals surface area contributed by atoms with Crippen LogP contribution in [0.3, 0.4) is 0 Å². The van der Waals surface area contributed by atoms with Gasteiger partial charge in [0.25, 0.3) is 0 Å². The molecule has 0 radical (unpaired) electrons. The molecule has 1 aromatic carbocycles. The molecule has 3 heteroatoms.